The molecule has 0 aromatic carbocycles. The number of ether oxygens (including phenoxy) is 1. The number of nitrogens with zero attached hydrogens (tertiary/aromatic N) is 2. The van der Waals surface area contributed by atoms with Gasteiger partial charge >= 0.3 is 16.4 Å². The molecule has 0 radical (unpaired) electrons. The fraction of sp³-hybridized carbons (Fsp3) is 0.923. The van der Waals surface area contributed by atoms with Gasteiger partial charge in [0.15, 0.2) is 0 Å². The molecule has 2 heterocycles. The molecule has 1 saturated carbocycles. The van der Waals surface area contributed by atoms with Crippen LogP contribution in [0, 0.1) is 0 Å². The van der Waals surface area contributed by atoms with Crippen LogP contribution in [0.3, 0.4) is 0 Å². The van der Waals surface area contributed by atoms with Gasteiger partial charge in [-0.3, -0.25) is 4.18 Å². The normalized spacial score (nSPS) is 35.4. The first kappa shape index (κ1) is 15.1. The average Bonchev–Trinajstić information content (AvgIpc) is 2.60. The summed E-state index contributed by atoms with van der Waals surface area (Å²) in [5, 5.41) is 0. The van der Waals surface area contributed by atoms with E-state index >= 15 is 0 Å². The minimum absolute atomic E-state index is 0.148. The Bertz CT molecular complexity index is 541. The lowest BCUT2D eigenvalue weighted by Gasteiger charge is -2.46. The Hall–Kier alpha value is -0.860. The first-order valence-electron chi connectivity index (χ1n) is 7.39. The Labute approximate surface area is 125 Å². The molecule has 2 saturated heterocycles. The van der Waals surface area contributed by atoms with Crippen LogP contribution in [0.1, 0.15) is 40.0 Å². The highest BCUT2D eigenvalue weighted by molar-refractivity contribution is 7.84. The predicted molar refractivity (Wildman–Crippen MR) is 74.9 cm³/mol. The van der Waals surface area contributed by atoms with Gasteiger partial charge in [0, 0.05) is 13.1 Å². The number of piperazine rings is 1. The van der Waals surface area contributed by atoms with E-state index in [0.29, 0.717) is 6.54 Å². The Kier molecular flexibility index (Phi) is 3.46. The van der Waals surface area contributed by atoms with Crippen LogP contribution in [0.4, 0.5) is 4.79 Å². The summed E-state index contributed by atoms with van der Waals surface area (Å²) in [5.41, 5.74) is -0.555. The minimum Gasteiger partial charge on any atom is -0.444 e. The maximum absolute atomic E-state index is 12.4. The fourth-order valence-electron chi connectivity index (χ4n) is 3.48. The maximum atomic E-state index is 12.4. The van der Waals surface area contributed by atoms with E-state index in [-0.39, 0.29) is 30.8 Å². The lowest BCUT2D eigenvalue weighted by molar-refractivity contribution is -0.0215. The SMILES string of the molecule is CC(C)(C)OC(=O)N1CCN2C3C(CCCC31)OS2(=O)=O. The molecule has 0 aromatic rings. The zero-order chi connectivity index (χ0) is 15.4. The van der Waals surface area contributed by atoms with Crippen molar-refractivity contribution in [3.8, 4) is 0 Å². The standard InChI is InChI=1S/C13H22N2O5S/c1-13(2,3)19-12(16)14-7-8-15-11-9(14)5-4-6-10(11)20-21(15,17)18/h9-11H,4-8H2,1-3H3. The smallest absolute Gasteiger partial charge is 0.410 e. The molecule has 120 valence electrons. The molecule has 3 unspecified atom stereocenters. The van der Waals surface area contributed by atoms with Crippen molar-refractivity contribution in [2.75, 3.05) is 13.1 Å². The van der Waals surface area contributed by atoms with E-state index in [1.165, 1.54) is 4.31 Å². The van der Waals surface area contributed by atoms with E-state index in [2.05, 4.69) is 0 Å². The summed E-state index contributed by atoms with van der Waals surface area (Å²) in [6.45, 7) is 6.11. The van der Waals surface area contributed by atoms with Crippen LogP contribution in [0.15, 0.2) is 0 Å². The van der Waals surface area contributed by atoms with Gasteiger partial charge in [0.05, 0.1) is 18.2 Å². The van der Waals surface area contributed by atoms with Gasteiger partial charge in [-0.1, -0.05) is 0 Å². The molecule has 1 aliphatic carbocycles. The molecule has 21 heavy (non-hydrogen) atoms. The van der Waals surface area contributed by atoms with Crippen LogP contribution in [-0.2, 0) is 19.2 Å². The van der Waals surface area contributed by atoms with Crippen LogP contribution in [0.25, 0.3) is 0 Å². The highest BCUT2D eigenvalue weighted by Crippen LogP contribution is 2.40. The Morgan fingerprint density at radius 2 is 1.95 bits per heavy atom. The van der Waals surface area contributed by atoms with Crippen LogP contribution >= 0.6 is 0 Å². The third-order valence-corrected chi connectivity index (χ3v) is 5.71. The zero-order valence-corrected chi connectivity index (χ0v) is 13.4. The number of amides is 1. The molecule has 0 bridgehead atoms. The first-order chi connectivity index (χ1) is 9.69. The summed E-state index contributed by atoms with van der Waals surface area (Å²) in [7, 11) is -3.63. The summed E-state index contributed by atoms with van der Waals surface area (Å²) in [6.07, 6.45) is 1.67. The maximum Gasteiger partial charge on any atom is 0.410 e. The molecule has 3 fully saturated rings. The van der Waals surface area contributed by atoms with Crippen molar-refractivity contribution in [3.05, 3.63) is 0 Å². The van der Waals surface area contributed by atoms with Gasteiger partial charge < -0.3 is 9.64 Å². The van der Waals surface area contributed by atoms with Crippen LogP contribution in [0.5, 0.6) is 0 Å². The van der Waals surface area contributed by atoms with Crippen molar-refractivity contribution in [1.82, 2.24) is 9.21 Å². The van der Waals surface area contributed by atoms with Crippen LogP contribution in [-0.4, -0.2) is 60.6 Å². The summed E-state index contributed by atoms with van der Waals surface area (Å²) in [6, 6.07) is -0.408. The predicted octanol–water partition coefficient (Wildman–Crippen LogP) is 1.10. The molecule has 0 spiro atoms. The number of rotatable bonds is 0. The zero-order valence-electron chi connectivity index (χ0n) is 12.6. The summed E-state index contributed by atoms with van der Waals surface area (Å²) in [4.78, 5) is 14.0. The molecule has 0 aromatic heterocycles. The molecular weight excluding hydrogens is 296 g/mol. The molecule has 7 nitrogen and oxygen atoms in total. The van der Waals surface area contributed by atoms with Crippen molar-refractivity contribution < 1.29 is 22.1 Å². The Morgan fingerprint density at radius 1 is 1.24 bits per heavy atom. The highest BCUT2D eigenvalue weighted by atomic mass is 32.2. The molecule has 0 N–H and O–H groups in total. The number of hydrogen-bond acceptors (Lipinski definition) is 5. The van der Waals surface area contributed by atoms with Gasteiger partial charge in [-0.2, -0.15) is 12.7 Å². The van der Waals surface area contributed by atoms with E-state index in [0.717, 1.165) is 19.3 Å². The second kappa shape index (κ2) is 4.82. The average molecular weight is 318 g/mol. The Morgan fingerprint density at radius 3 is 2.62 bits per heavy atom. The number of carbonyl (C=O) groups excluding carboxylic acids is 1. The molecule has 3 aliphatic rings. The van der Waals surface area contributed by atoms with Gasteiger partial charge in [0.25, 0.3) is 0 Å². The van der Waals surface area contributed by atoms with Gasteiger partial charge in [-0.15, -0.1) is 0 Å². The summed E-state index contributed by atoms with van der Waals surface area (Å²) in [5.74, 6) is 0. The second-order valence-electron chi connectivity index (χ2n) is 6.87. The number of hydrogen-bond donors (Lipinski definition) is 0. The van der Waals surface area contributed by atoms with Gasteiger partial charge in [0.2, 0.25) is 0 Å². The summed E-state index contributed by atoms with van der Waals surface area (Å²) < 4.78 is 36.1. The van der Waals surface area contributed by atoms with Crippen molar-refractivity contribution in [3.63, 3.8) is 0 Å². The molecule has 2 aliphatic heterocycles. The topological polar surface area (TPSA) is 76.2 Å². The van der Waals surface area contributed by atoms with E-state index in [9.17, 15) is 13.2 Å². The third-order valence-electron chi connectivity index (χ3n) is 4.22. The Balaban J connectivity index is 1.83. The lowest BCUT2D eigenvalue weighted by atomic mass is 9.85. The largest absolute Gasteiger partial charge is 0.444 e. The number of carbonyl (C=O) groups is 1. The van der Waals surface area contributed by atoms with Crippen molar-refractivity contribution in [1.29, 1.82) is 0 Å². The van der Waals surface area contributed by atoms with E-state index in [4.69, 9.17) is 8.92 Å². The van der Waals surface area contributed by atoms with Crippen molar-refractivity contribution in [2.24, 2.45) is 0 Å². The quantitative estimate of drug-likeness (QED) is 0.668. The molecule has 8 heteroatoms. The molecule has 3 rings (SSSR count). The van der Waals surface area contributed by atoms with Crippen molar-refractivity contribution in [2.45, 2.75) is 63.8 Å². The van der Waals surface area contributed by atoms with Gasteiger partial charge in [0.1, 0.15) is 5.60 Å². The van der Waals surface area contributed by atoms with Crippen molar-refractivity contribution >= 4 is 16.4 Å². The molecular formula is C13H22N2O5S. The van der Waals surface area contributed by atoms with Crippen LogP contribution in [0.2, 0.25) is 0 Å². The molecule has 3 atom stereocenters. The van der Waals surface area contributed by atoms with Gasteiger partial charge in [-0.25, -0.2) is 4.79 Å². The fourth-order valence-corrected chi connectivity index (χ4v) is 4.99. The van der Waals surface area contributed by atoms with E-state index < -0.39 is 15.9 Å². The first-order valence-corrected chi connectivity index (χ1v) is 8.75. The summed E-state index contributed by atoms with van der Waals surface area (Å²) >= 11 is 0. The monoisotopic (exact) mass is 318 g/mol. The van der Waals surface area contributed by atoms with E-state index in [1.807, 2.05) is 20.8 Å². The van der Waals surface area contributed by atoms with E-state index in [1.54, 1.807) is 4.90 Å². The van der Waals surface area contributed by atoms with Gasteiger partial charge in [-0.05, 0) is 40.0 Å². The minimum atomic E-state index is -3.63. The van der Waals surface area contributed by atoms with Crippen LogP contribution < -0.4 is 0 Å². The highest BCUT2D eigenvalue weighted by Gasteiger charge is 2.56. The molecule has 1 amide bonds. The second-order valence-corrected chi connectivity index (χ2v) is 8.38. The lowest BCUT2D eigenvalue weighted by Crippen LogP contribution is -2.63. The third kappa shape index (κ3) is 2.64.